The highest BCUT2D eigenvalue weighted by Gasteiger charge is 2.10. The SMILES string of the molecule is COCCNc1ncc(Br)c2c(N)c(C)ccc12. The molecule has 1 aromatic heterocycles. The quantitative estimate of drug-likeness (QED) is 0.673. The van der Waals surface area contributed by atoms with Gasteiger partial charge in [0, 0.05) is 40.8 Å². The van der Waals surface area contributed by atoms with E-state index in [0.717, 1.165) is 32.3 Å². The summed E-state index contributed by atoms with van der Waals surface area (Å²) in [5, 5.41) is 5.27. The van der Waals surface area contributed by atoms with Gasteiger partial charge < -0.3 is 15.8 Å². The molecule has 1 heterocycles. The van der Waals surface area contributed by atoms with Crippen LogP contribution in [-0.4, -0.2) is 25.2 Å². The largest absolute Gasteiger partial charge is 0.398 e. The van der Waals surface area contributed by atoms with Gasteiger partial charge in [0.25, 0.3) is 0 Å². The average Bonchev–Trinajstić information content (AvgIpc) is 2.36. The van der Waals surface area contributed by atoms with E-state index in [1.807, 2.05) is 19.1 Å². The topological polar surface area (TPSA) is 60.2 Å². The second-order valence-electron chi connectivity index (χ2n) is 4.09. The van der Waals surface area contributed by atoms with Crippen molar-refractivity contribution in [3.05, 3.63) is 28.4 Å². The maximum absolute atomic E-state index is 6.13. The third-order valence-electron chi connectivity index (χ3n) is 2.86. The summed E-state index contributed by atoms with van der Waals surface area (Å²) in [7, 11) is 1.68. The molecule has 0 saturated heterocycles. The molecule has 0 aliphatic rings. The Hall–Kier alpha value is -1.33. The molecule has 0 amide bonds. The van der Waals surface area contributed by atoms with Crippen LogP contribution < -0.4 is 11.1 Å². The van der Waals surface area contributed by atoms with Gasteiger partial charge in [-0.3, -0.25) is 0 Å². The number of nitrogens with two attached hydrogens (primary N) is 1. The van der Waals surface area contributed by atoms with Crippen LogP contribution in [0.25, 0.3) is 10.8 Å². The molecular weight excluding hydrogens is 294 g/mol. The second-order valence-corrected chi connectivity index (χ2v) is 4.95. The Morgan fingerprint density at radius 2 is 2.22 bits per heavy atom. The number of fused-ring (bicyclic) bond motifs is 1. The molecular formula is C13H16BrN3O. The summed E-state index contributed by atoms with van der Waals surface area (Å²) in [4.78, 5) is 4.38. The maximum atomic E-state index is 6.13. The molecule has 1 aromatic carbocycles. The zero-order valence-electron chi connectivity index (χ0n) is 10.5. The van der Waals surface area contributed by atoms with Crippen molar-refractivity contribution in [1.29, 1.82) is 0 Å². The van der Waals surface area contributed by atoms with Crippen molar-refractivity contribution in [1.82, 2.24) is 4.98 Å². The van der Waals surface area contributed by atoms with Gasteiger partial charge in [-0.25, -0.2) is 4.98 Å². The summed E-state index contributed by atoms with van der Waals surface area (Å²) >= 11 is 3.50. The molecule has 0 radical (unpaired) electrons. The van der Waals surface area contributed by atoms with Gasteiger partial charge in [-0.1, -0.05) is 12.1 Å². The summed E-state index contributed by atoms with van der Waals surface area (Å²) < 4.78 is 5.93. The summed E-state index contributed by atoms with van der Waals surface area (Å²) in [5.74, 6) is 0.831. The number of nitrogens with one attached hydrogen (secondary N) is 1. The van der Waals surface area contributed by atoms with Crippen molar-refractivity contribution in [3.8, 4) is 0 Å². The van der Waals surface area contributed by atoms with Crippen molar-refractivity contribution in [3.63, 3.8) is 0 Å². The van der Waals surface area contributed by atoms with E-state index < -0.39 is 0 Å². The number of hydrogen-bond donors (Lipinski definition) is 2. The van der Waals surface area contributed by atoms with Crippen LogP contribution in [0.5, 0.6) is 0 Å². The van der Waals surface area contributed by atoms with Gasteiger partial charge in [0.15, 0.2) is 0 Å². The molecule has 0 unspecified atom stereocenters. The first-order valence-corrected chi connectivity index (χ1v) is 6.50. The van der Waals surface area contributed by atoms with Crippen LogP contribution in [0.1, 0.15) is 5.56 Å². The van der Waals surface area contributed by atoms with Gasteiger partial charge >= 0.3 is 0 Å². The number of aryl methyl sites for hydroxylation is 1. The van der Waals surface area contributed by atoms with Gasteiger partial charge in [0.05, 0.1) is 6.61 Å². The average molecular weight is 310 g/mol. The Morgan fingerprint density at radius 3 is 2.94 bits per heavy atom. The fraction of sp³-hybridized carbons (Fsp3) is 0.308. The van der Waals surface area contributed by atoms with Crippen LogP contribution >= 0.6 is 15.9 Å². The Bertz CT molecular complexity index is 572. The molecule has 0 atom stereocenters. The molecule has 18 heavy (non-hydrogen) atoms. The normalized spacial score (nSPS) is 10.8. The van der Waals surface area contributed by atoms with Crippen molar-refractivity contribution in [2.24, 2.45) is 0 Å². The van der Waals surface area contributed by atoms with E-state index in [1.165, 1.54) is 0 Å². The molecule has 2 rings (SSSR count). The molecule has 96 valence electrons. The highest BCUT2D eigenvalue weighted by atomic mass is 79.9. The van der Waals surface area contributed by atoms with E-state index >= 15 is 0 Å². The lowest BCUT2D eigenvalue weighted by Gasteiger charge is -2.12. The first-order valence-electron chi connectivity index (χ1n) is 5.71. The Kier molecular flexibility index (Phi) is 4.04. The number of pyridine rings is 1. The number of nitrogen functional groups attached to an aromatic ring is 1. The minimum atomic E-state index is 0.639. The molecule has 4 nitrogen and oxygen atoms in total. The first-order chi connectivity index (χ1) is 8.65. The molecule has 0 spiro atoms. The zero-order chi connectivity index (χ0) is 13.1. The van der Waals surface area contributed by atoms with E-state index in [9.17, 15) is 0 Å². The van der Waals surface area contributed by atoms with Gasteiger partial charge in [0.1, 0.15) is 5.82 Å². The molecule has 0 saturated carbocycles. The van der Waals surface area contributed by atoms with Crippen LogP contribution in [0.4, 0.5) is 11.5 Å². The molecule has 0 aliphatic carbocycles. The molecule has 0 fully saturated rings. The van der Waals surface area contributed by atoms with Gasteiger partial charge in [-0.2, -0.15) is 0 Å². The molecule has 3 N–H and O–H groups in total. The minimum absolute atomic E-state index is 0.639. The number of aromatic nitrogens is 1. The highest BCUT2D eigenvalue weighted by Crippen LogP contribution is 2.34. The number of anilines is 2. The molecule has 0 bridgehead atoms. The van der Waals surface area contributed by atoms with E-state index in [2.05, 4.69) is 26.2 Å². The smallest absolute Gasteiger partial charge is 0.134 e. The predicted molar refractivity (Wildman–Crippen MR) is 79.0 cm³/mol. The van der Waals surface area contributed by atoms with Gasteiger partial charge in [0.2, 0.25) is 0 Å². The maximum Gasteiger partial charge on any atom is 0.134 e. The van der Waals surface area contributed by atoms with E-state index in [1.54, 1.807) is 13.3 Å². The minimum Gasteiger partial charge on any atom is -0.398 e. The van der Waals surface area contributed by atoms with Crippen molar-refractivity contribution in [2.75, 3.05) is 31.3 Å². The van der Waals surface area contributed by atoms with Crippen molar-refractivity contribution < 1.29 is 4.74 Å². The zero-order valence-corrected chi connectivity index (χ0v) is 12.0. The second kappa shape index (κ2) is 5.54. The van der Waals surface area contributed by atoms with E-state index in [0.29, 0.717) is 13.2 Å². The Labute approximate surface area is 115 Å². The van der Waals surface area contributed by atoms with Crippen LogP contribution in [0, 0.1) is 6.92 Å². The lowest BCUT2D eigenvalue weighted by Crippen LogP contribution is -2.09. The van der Waals surface area contributed by atoms with Crippen LogP contribution in [0.15, 0.2) is 22.8 Å². The number of nitrogens with zero attached hydrogens (tertiary/aromatic N) is 1. The molecule has 2 aromatic rings. The predicted octanol–water partition coefficient (Wildman–Crippen LogP) is 2.95. The number of rotatable bonds is 4. The number of methoxy groups -OCH3 is 1. The number of halogens is 1. The lowest BCUT2D eigenvalue weighted by molar-refractivity contribution is 0.210. The number of ether oxygens (including phenoxy) is 1. The molecule has 0 aliphatic heterocycles. The summed E-state index contributed by atoms with van der Waals surface area (Å²) in [5.41, 5.74) is 7.99. The van der Waals surface area contributed by atoms with E-state index in [4.69, 9.17) is 10.5 Å². The summed E-state index contributed by atoms with van der Waals surface area (Å²) in [6.45, 7) is 3.36. The Morgan fingerprint density at radius 1 is 1.44 bits per heavy atom. The van der Waals surface area contributed by atoms with E-state index in [-0.39, 0.29) is 0 Å². The monoisotopic (exact) mass is 309 g/mol. The third kappa shape index (κ3) is 2.42. The lowest BCUT2D eigenvalue weighted by atomic mass is 10.1. The standard InChI is InChI=1S/C13H16BrN3O/c1-8-3-4-9-11(12(8)15)10(14)7-17-13(9)16-5-6-18-2/h3-4,7H,5-6,15H2,1-2H3,(H,16,17). The summed E-state index contributed by atoms with van der Waals surface area (Å²) in [6.07, 6.45) is 1.77. The highest BCUT2D eigenvalue weighted by molar-refractivity contribution is 9.10. The fourth-order valence-corrected chi connectivity index (χ4v) is 2.38. The van der Waals surface area contributed by atoms with Gasteiger partial charge in [-0.15, -0.1) is 0 Å². The first kappa shape index (κ1) is 13.1. The number of benzene rings is 1. The van der Waals surface area contributed by atoms with Crippen molar-refractivity contribution >= 4 is 38.2 Å². The molecule has 5 heteroatoms. The Balaban J connectivity index is 2.50. The fourth-order valence-electron chi connectivity index (χ4n) is 1.85. The van der Waals surface area contributed by atoms with Crippen LogP contribution in [-0.2, 0) is 4.74 Å². The van der Waals surface area contributed by atoms with Crippen LogP contribution in [0.3, 0.4) is 0 Å². The van der Waals surface area contributed by atoms with Crippen molar-refractivity contribution in [2.45, 2.75) is 6.92 Å². The third-order valence-corrected chi connectivity index (χ3v) is 3.46. The summed E-state index contributed by atoms with van der Waals surface area (Å²) in [6, 6.07) is 4.04. The number of hydrogen-bond acceptors (Lipinski definition) is 4. The van der Waals surface area contributed by atoms with Gasteiger partial charge in [-0.05, 0) is 28.4 Å². The van der Waals surface area contributed by atoms with Crippen LogP contribution in [0.2, 0.25) is 0 Å².